The topological polar surface area (TPSA) is 125 Å². The molecular formula is C25H36N6O3S. The summed E-state index contributed by atoms with van der Waals surface area (Å²) in [5.41, 5.74) is 1.44. The predicted octanol–water partition coefficient (Wildman–Crippen LogP) is 2.96. The Bertz CT molecular complexity index is 990. The Morgan fingerprint density at radius 1 is 0.943 bits per heavy atom. The monoisotopic (exact) mass is 500 g/mol. The second-order valence-corrected chi connectivity index (χ2v) is 10.2. The van der Waals surface area contributed by atoms with E-state index in [0.717, 1.165) is 49.2 Å². The molecule has 1 aromatic heterocycles. The minimum Gasteiger partial charge on any atom is -0.343 e. The normalized spacial score (nSPS) is 16.8. The van der Waals surface area contributed by atoms with E-state index in [-0.39, 0.29) is 29.6 Å². The molecule has 3 atom stereocenters. The van der Waals surface area contributed by atoms with Crippen molar-refractivity contribution in [2.24, 2.45) is 11.8 Å². The van der Waals surface area contributed by atoms with Crippen molar-refractivity contribution in [2.75, 3.05) is 12.4 Å². The highest BCUT2D eigenvalue weighted by Gasteiger charge is 2.35. The fourth-order valence-electron chi connectivity index (χ4n) is 4.30. The van der Waals surface area contributed by atoms with E-state index in [2.05, 4.69) is 30.9 Å². The number of carbonyl (C=O) groups excluding carboxylic acids is 3. The second-order valence-electron chi connectivity index (χ2n) is 9.43. The van der Waals surface area contributed by atoms with Crippen LogP contribution in [0.5, 0.6) is 0 Å². The molecule has 35 heavy (non-hydrogen) atoms. The van der Waals surface area contributed by atoms with Gasteiger partial charge < -0.3 is 21.3 Å². The van der Waals surface area contributed by atoms with Crippen LogP contribution in [0.25, 0.3) is 11.3 Å². The maximum Gasteiger partial charge on any atom is 0.247 e. The molecule has 10 heteroatoms. The summed E-state index contributed by atoms with van der Waals surface area (Å²) in [7, 11) is 1.71. The van der Waals surface area contributed by atoms with E-state index in [1.807, 2.05) is 44.2 Å². The molecule has 0 radical (unpaired) electrons. The number of benzene rings is 1. The molecule has 9 nitrogen and oxygen atoms in total. The van der Waals surface area contributed by atoms with E-state index in [1.165, 1.54) is 0 Å². The largest absolute Gasteiger partial charge is 0.343 e. The lowest BCUT2D eigenvalue weighted by atomic mass is 9.83. The number of rotatable bonds is 10. The molecule has 190 valence electrons. The van der Waals surface area contributed by atoms with Gasteiger partial charge in [-0.15, -0.1) is 5.10 Å². The number of nitrogens with one attached hydrogen (secondary N) is 4. The molecule has 1 aromatic carbocycles. The van der Waals surface area contributed by atoms with Crippen LogP contribution < -0.4 is 21.3 Å². The number of aromatic nitrogens is 2. The SMILES string of the molecule is CNC(C)C(=O)NC(C(=O)NC(C(=O)Nc1snnc1-c1ccccc1)C(C)C)C1CCCCC1. The highest BCUT2D eigenvalue weighted by atomic mass is 32.1. The van der Waals surface area contributed by atoms with E-state index < -0.39 is 18.1 Å². The Kier molecular flexibility index (Phi) is 9.73. The number of anilines is 1. The highest BCUT2D eigenvalue weighted by Crippen LogP contribution is 2.29. The van der Waals surface area contributed by atoms with Gasteiger partial charge in [-0.05, 0) is 38.6 Å². The molecule has 0 bridgehead atoms. The van der Waals surface area contributed by atoms with Gasteiger partial charge in [-0.25, -0.2) is 0 Å². The van der Waals surface area contributed by atoms with E-state index in [0.29, 0.717) is 10.7 Å². The summed E-state index contributed by atoms with van der Waals surface area (Å²) in [4.78, 5) is 39.3. The van der Waals surface area contributed by atoms with E-state index >= 15 is 0 Å². The van der Waals surface area contributed by atoms with Gasteiger partial charge in [-0.2, -0.15) is 0 Å². The average Bonchev–Trinajstić information content (AvgIpc) is 3.33. The number of carbonyl (C=O) groups is 3. The van der Waals surface area contributed by atoms with Gasteiger partial charge >= 0.3 is 0 Å². The summed E-state index contributed by atoms with van der Waals surface area (Å²) in [5.74, 6) is -1.02. The molecule has 4 N–H and O–H groups in total. The number of hydrogen-bond acceptors (Lipinski definition) is 7. The zero-order valence-electron chi connectivity index (χ0n) is 20.8. The van der Waals surface area contributed by atoms with Gasteiger partial charge in [-0.1, -0.05) is 67.9 Å². The predicted molar refractivity (Wildman–Crippen MR) is 138 cm³/mol. The summed E-state index contributed by atoms with van der Waals surface area (Å²) in [6.07, 6.45) is 4.94. The van der Waals surface area contributed by atoms with Crippen LogP contribution in [0.4, 0.5) is 5.00 Å². The van der Waals surface area contributed by atoms with Crippen LogP contribution in [0.3, 0.4) is 0 Å². The first-order chi connectivity index (χ1) is 16.8. The Labute approximate surface area is 211 Å². The Hall–Kier alpha value is -2.85. The third-order valence-corrected chi connectivity index (χ3v) is 7.19. The van der Waals surface area contributed by atoms with Crippen molar-refractivity contribution in [3.8, 4) is 11.3 Å². The summed E-state index contributed by atoms with van der Waals surface area (Å²) < 4.78 is 4.00. The van der Waals surface area contributed by atoms with Crippen molar-refractivity contribution in [3.05, 3.63) is 30.3 Å². The standard InChI is InChI=1S/C25H36N6O3S/c1-15(2)19(23(33)29-25-21(30-31-35-25)18-13-9-6-10-14-18)27-24(34)20(17-11-7-5-8-12-17)28-22(32)16(3)26-4/h6,9-10,13-17,19-20,26H,5,7-8,11-12H2,1-4H3,(H,27,34)(H,28,32)(H,29,33). The van der Waals surface area contributed by atoms with Gasteiger partial charge in [-0.3, -0.25) is 14.4 Å². The molecule has 0 aliphatic heterocycles. The number of likely N-dealkylation sites (N-methyl/N-ethyl adjacent to an activating group) is 1. The number of amides is 3. The first kappa shape index (κ1) is 26.7. The maximum absolute atomic E-state index is 13.5. The van der Waals surface area contributed by atoms with Crippen LogP contribution in [-0.2, 0) is 14.4 Å². The Balaban J connectivity index is 1.75. The first-order valence-electron chi connectivity index (χ1n) is 12.3. The molecule has 1 aliphatic carbocycles. The summed E-state index contributed by atoms with van der Waals surface area (Å²) in [5, 5.41) is 16.4. The third kappa shape index (κ3) is 7.08. The van der Waals surface area contributed by atoms with Crippen LogP contribution in [0.2, 0.25) is 0 Å². The molecule has 3 rings (SSSR count). The fourth-order valence-corrected chi connectivity index (χ4v) is 4.90. The van der Waals surface area contributed by atoms with Crippen LogP contribution in [-0.4, -0.2) is 52.5 Å². The third-order valence-electron chi connectivity index (χ3n) is 6.55. The quantitative estimate of drug-likeness (QED) is 0.398. The van der Waals surface area contributed by atoms with Crippen molar-refractivity contribution >= 4 is 34.3 Å². The van der Waals surface area contributed by atoms with Crippen LogP contribution in [0, 0.1) is 11.8 Å². The van der Waals surface area contributed by atoms with E-state index in [1.54, 1.807) is 14.0 Å². The Morgan fingerprint density at radius 2 is 1.63 bits per heavy atom. The molecule has 0 spiro atoms. The molecule has 1 saturated carbocycles. The van der Waals surface area contributed by atoms with Gasteiger partial charge in [0.1, 0.15) is 22.8 Å². The van der Waals surface area contributed by atoms with Gasteiger partial charge in [0.15, 0.2) is 0 Å². The molecule has 3 unspecified atom stereocenters. The minimum atomic E-state index is -0.780. The summed E-state index contributed by atoms with van der Waals surface area (Å²) in [6.45, 7) is 5.51. The first-order valence-corrected chi connectivity index (χ1v) is 13.1. The lowest BCUT2D eigenvalue weighted by Gasteiger charge is -2.32. The van der Waals surface area contributed by atoms with Crippen molar-refractivity contribution < 1.29 is 14.4 Å². The summed E-state index contributed by atoms with van der Waals surface area (Å²) >= 11 is 1.09. The molecule has 1 heterocycles. The smallest absolute Gasteiger partial charge is 0.247 e. The molecule has 1 aliphatic rings. The lowest BCUT2D eigenvalue weighted by Crippen LogP contribution is -2.58. The molecule has 0 saturated heterocycles. The number of nitrogens with zero attached hydrogens (tertiary/aromatic N) is 2. The average molecular weight is 501 g/mol. The zero-order chi connectivity index (χ0) is 25.4. The maximum atomic E-state index is 13.5. The zero-order valence-corrected chi connectivity index (χ0v) is 21.7. The van der Waals surface area contributed by atoms with Gasteiger partial charge in [0.05, 0.1) is 6.04 Å². The lowest BCUT2D eigenvalue weighted by molar-refractivity contribution is -0.133. The molecule has 1 fully saturated rings. The minimum absolute atomic E-state index is 0.0445. The second kappa shape index (κ2) is 12.7. The fraction of sp³-hybridized carbons (Fsp3) is 0.560. The van der Waals surface area contributed by atoms with Crippen molar-refractivity contribution in [3.63, 3.8) is 0 Å². The molecular weight excluding hydrogens is 464 g/mol. The van der Waals surface area contributed by atoms with Crippen LogP contribution in [0.15, 0.2) is 30.3 Å². The van der Waals surface area contributed by atoms with E-state index in [4.69, 9.17) is 0 Å². The van der Waals surface area contributed by atoms with Crippen molar-refractivity contribution in [1.29, 1.82) is 0 Å². The summed E-state index contributed by atoms with van der Waals surface area (Å²) in [6, 6.07) is 7.61. The highest BCUT2D eigenvalue weighted by molar-refractivity contribution is 7.10. The van der Waals surface area contributed by atoms with Crippen molar-refractivity contribution in [1.82, 2.24) is 25.5 Å². The van der Waals surface area contributed by atoms with Gasteiger partial charge in [0.25, 0.3) is 0 Å². The van der Waals surface area contributed by atoms with Crippen LogP contribution >= 0.6 is 11.5 Å². The molecule has 3 amide bonds. The van der Waals surface area contributed by atoms with Crippen LogP contribution in [0.1, 0.15) is 52.9 Å². The van der Waals surface area contributed by atoms with Crippen molar-refractivity contribution in [2.45, 2.75) is 71.0 Å². The Morgan fingerprint density at radius 3 is 2.26 bits per heavy atom. The van der Waals surface area contributed by atoms with Gasteiger partial charge in [0.2, 0.25) is 17.7 Å². The van der Waals surface area contributed by atoms with Gasteiger partial charge in [0, 0.05) is 17.1 Å². The van der Waals surface area contributed by atoms with E-state index in [9.17, 15) is 14.4 Å². The molecule has 2 aromatic rings. The number of hydrogen-bond donors (Lipinski definition) is 4.